The van der Waals surface area contributed by atoms with Crippen molar-refractivity contribution in [3.05, 3.63) is 23.8 Å². The molecule has 4 heteroatoms. The molecule has 2 aliphatic rings. The van der Waals surface area contributed by atoms with Gasteiger partial charge in [0.15, 0.2) is 11.5 Å². The van der Waals surface area contributed by atoms with Gasteiger partial charge >= 0.3 is 0 Å². The van der Waals surface area contributed by atoms with E-state index in [1.165, 1.54) is 19.3 Å². The molecule has 3 rings (SSSR count). The average molecular weight is 277 g/mol. The summed E-state index contributed by atoms with van der Waals surface area (Å²) in [6.07, 6.45) is 5.29. The van der Waals surface area contributed by atoms with Gasteiger partial charge in [-0.05, 0) is 56.8 Å². The Bertz CT molecular complexity index is 445. The molecule has 110 valence electrons. The summed E-state index contributed by atoms with van der Waals surface area (Å²) >= 11 is 0. The molecule has 1 N–H and O–H groups in total. The molecule has 0 spiro atoms. The first-order valence-corrected chi connectivity index (χ1v) is 7.55. The maximum absolute atomic E-state index is 5.89. The van der Waals surface area contributed by atoms with Crippen LogP contribution in [0.1, 0.15) is 38.2 Å². The van der Waals surface area contributed by atoms with E-state index in [1.807, 2.05) is 18.2 Å². The largest absolute Gasteiger partial charge is 0.454 e. The third-order valence-corrected chi connectivity index (χ3v) is 3.77. The maximum atomic E-state index is 5.89. The first-order chi connectivity index (χ1) is 9.81. The smallest absolute Gasteiger partial charge is 0.231 e. The van der Waals surface area contributed by atoms with Crippen LogP contribution in [0.5, 0.6) is 11.5 Å². The van der Waals surface area contributed by atoms with Crippen LogP contribution in [0.3, 0.4) is 0 Å². The molecule has 0 amide bonds. The number of benzene rings is 1. The number of rotatable bonds is 8. The Balaban J connectivity index is 1.35. The lowest BCUT2D eigenvalue weighted by Gasteiger charge is -2.13. The average Bonchev–Trinajstić information content (AvgIpc) is 3.17. The van der Waals surface area contributed by atoms with Crippen molar-refractivity contribution in [3.63, 3.8) is 0 Å². The van der Waals surface area contributed by atoms with Gasteiger partial charge in [-0.25, -0.2) is 0 Å². The Hall–Kier alpha value is -1.26. The molecule has 1 aromatic carbocycles. The summed E-state index contributed by atoms with van der Waals surface area (Å²) in [6.45, 7) is 4.21. The number of fused-ring (bicyclic) bond motifs is 1. The molecule has 0 bridgehead atoms. The normalized spacial score (nSPS) is 18.2. The van der Waals surface area contributed by atoms with Crippen LogP contribution in [0.2, 0.25) is 0 Å². The second kappa shape index (κ2) is 6.46. The van der Waals surface area contributed by atoms with Crippen LogP contribution < -0.4 is 14.8 Å². The molecular weight excluding hydrogens is 254 g/mol. The molecule has 1 aliphatic carbocycles. The van der Waals surface area contributed by atoms with Crippen molar-refractivity contribution < 1.29 is 14.2 Å². The summed E-state index contributed by atoms with van der Waals surface area (Å²) in [4.78, 5) is 0. The van der Waals surface area contributed by atoms with Crippen LogP contribution in [-0.4, -0.2) is 25.5 Å². The van der Waals surface area contributed by atoms with Gasteiger partial charge in [0.05, 0.1) is 12.7 Å². The molecule has 0 aromatic heterocycles. The minimum atomic E-state index is 0.293. The first kappa shape index (κ1) is 13.7. The fourth-order valence-electron chi connectivity index (χ4n) is 2.34. The molecule has 4 nitrogen and oxygen atoms in total. The van der Waals surface area contributed by atoms with Crippen molar-refractivity contribution in [2.45, 2.75) is 51.4 Å². The summed E-state index contributed by atoms with van der Waals surface area (Å²) in [5, 5.41) is 3.53. The summed E-state index contributed by atoms with van der Waals surface area (Å²) < 4.78 is 16.6. The second-order valence-corrected chi connectivity index (χ2v) is 5.68. The van der Waals surface area contributed by atoms with E-state index in [4.69, 9.17) is 14.2 Å². The number of hydrogen-bond donors (Lipinski definition) is 1. The van der Waals surface area contributed by atoms with Gasteiger partial charge in [-0.2, -0.15) is 0 Å². The van der Waals surface area contributed by atoms with Crippen LogP contribution in [0, 0.1) is 0 Å². The van der Waals surface area contributed by atoms with Crippen molar-refractivity contribution in [2.75, 3.05) is 13.3 Å². The van der Waals surface area contributed by atoms with Crippen LogP contribution in [0.25, 0.3) is 0 Å². The predicted molar refractivity (Wildman–Crippen MR) is 77.1 cm³/mol. The Kier molecular flexibility index (Phi) is 4.43. The van der Waals surface area contributed by atoms with E-state index in [9.17, 15) is 0 Å². The molecule has 1 aromatic rings. The van der Waals surface area contributed by atoms with Crippen LogP contribution in [-0.2, 0) is 11.3 Å². The standard InChI is InChI=1S/C16H23NO3/c1-12(3-2-8-17-14-5-6-14)18-10-13-4-7-15-16(9-13)20-11-19-15/h4,7,9,12,14,17H,2-3,5-6,8,10-11H2,1H3. The minimum Gasteiger partial charge on any atom is -0.454 e. The number of nitrogens with one attached hydrogen (secondary N) is 1. The van der Waals surface area contributed by atoms with Gasteiger partial charge in [0.2, 0.25) is 6.79 Å². The van der Waals surface area contributed by atoms with Crippen molar-refractivity contribution in [1.82, 2.24) is 5.32 Å². The SMILES string of the molecule is CC(CCCNC1CC1)OCc1ccc2c(c1)OCO2. The van der Waals surface area contributed by atoms with E-state index in [0.717, 1.165) is 36.1 Å². The predicted octanol–water partition coefficient (Wildman–Crippen LogP) is 2.85. The third kappa shape index (κ3) is 3.87. The van der Waals surface area contributed by atoms with Gasteiger partial charge in [-0.1, -0.05) is 6.07 Å². The molecule has 0 saturated heterocycles. The molecule has 1 aliphatic heterocycles. The van der Waals surface area contributed by atoms with Gasteiger partial charge < -0.3 is 19.5 Å². The molecule has 1 saturated carbocycles. The lowest BCUT2D eigenvalue weighted by atomic mass is 10.2. The van der Waals surface area contributed by atoms with Gasteiger partial charge in [-0.3, -0.25) is 0 Å². The molecule has 1 unspecified atom stereocenters. The van der Waals surface area contributed by atoms with Crippen molar-refractivity contribution in [2.24, 2.45) is 0 Å². The zero-order valence-electron chi connectivity index (χ0n) is 12.1. The molecular formula is C16H23NO3. The fourth-order valence-corrected chi connectivity index (χ4v) is 2.34. The van der Waals surface area contributed by atoms with Crippen molar-refractivity contribution >= 4 is 0 Å². The minimum absolute atomic E-state index is 0.293. The van der Waals surface area contributed by atoms with Gasteiger partial charge in [0.25, 0.3) is 0 Å². The van der Waals surface area contributed by atoms with Gasteiger partial charge in [-0.15, -0.1) is 0 Å². The van der Waals surface area contributed by atoms with Crippen molar-refractivity contribution in [1.29, 1.82) is 0 Å². The fraction of sp³-hybridized carbons (Fsp3) is 0.625. The van der Waals surface area contributed by atoms with E-state index < -0.39 is 0 Å². The van der Waals surface area contributed by atoms with E-state index in [2.05, 4.69) is 12.2 Å². The Morgan fingerprint density at radius 1 is 1.30 bits per heavy atom. The second-order valence-electron chi connectivity index (χ2n) is 5.68. The lowest BCUT2D eigenvalue weighted by Crippen LogP contribution is -2.19. The monoisotopic (exact) mass is 277 g/mol. The summed E-state index contributed by atoms with van der Waals surface area (Å²) in [7, 11) is 0. The highest BCUT2D eigenvalue weighted by atomic mass is 16.7. The molecule has 20 heavy (non-hydrogen) atoms. The highest BCUT2D eigenvalue weighted by Gasteiger charge is 2.19. The summed E-state index contributed by atoms with van der Waals surface area (Å²) in [6, 6.07) is 6.80. The number of ether oxygens (including phenoxy) is 3. The van der Waals surface area contributed by atoms with Gasteiger partial charge in [0, 0.05) is 6.04 Å². The maximum Gasteiger partial charge on any atom is 0.231 e. The molecule has 1 atom stereocenters. The van der Waals surface area contributed by atoms with Gasteiger partial charge in [0.1, 0.15) is 0 Å². The van der Waals surface area contributed by atoms with E-state index in [0.29, 0.717) is 19.5 Å². The quantitative estimate of drug-likeness (QED) is 0.742. The van der Waals surface area contributed by atoms with Crippen LogP contribution >= 0.6 is 0 Å². The van der Waals surface area contributed by atoms with Crippen LogP contribution in [0.4, 0.5) is 0 Å². The topological polar surface area (TPSA) is 39.7 Å². The molecule has 0 radical (unpaired) electrons. The van der Waals surface area contributed by atoms with Crippen LogP contribution in [0.15, 0.2) is 18.2 Å². The zero-order valence-corrected chi connectivity index (χ0v) is 12.1. The van der Waals surface area contributed by atoms with E-state index in [1.54, 1.807) is 0 Å². The first-order valence-electron chi connectivity index (χ1n) is 7.55. The number of hydrogen-bond acceptors (Lipinski definition) is 4. The highest BCUT2D eigenvalue weighted by molar-refractivity contribution is 5.44. The van der Waals surface area contributed by atoms with E-state index in [-0.39, 0.29) is 0 Å². The highest BCUT2D eigenvalue weighted by Crippen LogP contribution is 2.32. The summed E-state index contributed by atoms with van der Waals surface area (Å²) in [5.41, 5.74) is 1.14. The molecule has 1 fully saturated rings. The molecule has 1 heterocycles. The Morgan fingerprint density at radius 2 is 2.15 bits per heavy atom. The Labute approximate surface area is 120 Å². The Morgan fingerprint density at radius 3 is 3.00 bits per heavy atom. The zero-order chi connectivity index (χ0) is 13.8. The summed E-state index contributed by atoms with van der Waals surface area (Å²) in [5.74, 6) is 1.65. The van der Waals surface area contributed by atoms with E-state index >= 15 is 0 Å². The lowest BCUT2D eigenvalue weighted by molar-refractivity contribution is 0.0463. The van der Waals surface area contributed by atoms with Crippen molar-refractivity contribution in [3.8, 4) is 11.5 Å². The third-order valence-electron chi connectivity index (χ3n) is 3.77.